The van der Waals surface area contributed by atoms with Gasteiger partial charge in [0.25, 0.3) is 11.8 Å². The van der Waals surface area contributed by atoms with Gasteiger partial charge in [-0.2, -0.15) is 0 Å². The van der Waals surface area contributed by atoms with Gasteiger partial charge in [0.2, 0.25) is 0 Å². The van der Waals surface area contributed by atoms with Gasteiger partial charge in [-0.05, 0) is 17.5 Å². The molecule has 4 rings (SSSR count). The Balaban J connectivity index is 1.94. The standard InChI is InChI=1S/C15H11NO3/c17-14-11-5-1-3-9-4-2-6-12(13(9)11)15(18)16(14)7-10-8-19-10/h1-6,10H,7-8H2. The van der Waals surface area contributed by atoms with E-state index in [1.54, 1.807) is 12.1 Å². The van der Waals surface area contributed by atoms with Gasteiger partial charge < -0.3 is 4.74 Å². The zero-order valence-corrected chi connectivity index (χ0v) is 10.1. The van der Waals surface area contributed by atoms with Crippen LogP contribution in [0.25, 0.3) is 10.8 Å². The number of imide groups is 1. The van der Waals surface area contributed by atoms with Crippen LogP contribution in [0, 0.1) is 0 Å². The summed E-state index contributed by atoms with van der Waals surface area (Å²) in [5.74, 6) is -0.436. The fraction of sp³-hybridized carbons (Fsp3) is 0.200. The highest BCUT2D eigenvalue weighted by molar-refractivity contribution is 6.25. The number of amides is 2. The summed E-state index contributed by atoms with van der Waals surface area (Å²) in [4.78, 5) is 26.2. The number of hydrogen-bond acceptors (Lipinski definition) is 3. The van der Waals surface area contributed by atoms with Gasteiger partial charge in [0.05, 0.1) is 19.3 Å². The lowest BCUT2D eigenvalue weighted by molar-refractivity contribution is 0.0598. The van der Waals surface area contributed by atoms with Gasteiger partial charge in [0, 0.05) is 16.5 Å². The van der Waals surface area contributed by atoms with Crippen LogP contribution >= 0.6 is 0 Å². The van der Waals surface area contributed by atoms with Crippen LogP contribution in [0.1, 0.15) is 20.7 Å². The second-order valence-electron chi connectivity index (χ2n) is 4.89. The van der Waals surface area contributed by atoms with Crippen LogP contribution in [0.2, 0.25) is 0 Å². The minimum absolute atomic E-state index is 0.0114. The molecule has 0 radical (unpaired) electrons. The van der Waals surface area contributed by atoms with E-state index in [4.69, 9.17) is 4.74 Å². The highest BCUT2D eigenvalue weighted by atomic mass is 16.6. The SMILES string of the molecule is O=C1c2cccc3cccc(c23)C(=O)N1CC1CO1. The number of carbonyl (C=O) groups excluding carboxylic acids is 2. The Morgan fingerprint density at radius 3 is 2.16 bits per heavy atom. The minimum atomic E-state index is -0.218. The largest absolute Gasteiger partial charge is 0.371 e. The first-order valence-corrected chi connectivity index (χ1v) is 6.25. The second kappa shape index (κ2) is 3.65. The molecule has 1 unspecified atom stereocenters. The molecule has 2 aromatic carbocycles. The molecule has 2 aliphatic heterocycles. The molecule has 1 fully saturated rings. The monoisotopic (exact) mass is 253 g/mol. The van der Waals surface area contributed by atoms with Crippen molar-refractivity contribution in [1.82, 2.24) is 4.90 Å². The summed E-state index contributed by atoms with van der Waals surface area (Å²) in [6.45, 7) is 0.977. The van der Waals surface area contributed by atoms with Crippen molar-refractivity contribution in [3.63, 3.8) is 0 Å². The summed E-state index contributed by atoms with van der Waals surface area (Å²) in [6, 6.07) is 11.1. The third-order valence-electron chi connectivity index (χ3n) is 3.64. The van der Waals surface area contributed by atoms with Gasteiger partial charge in [0.1, 0.15) is 0 Å². The van der Waals surface area contributed by atoms with Crippen LogP contribution in [0.4, 0.5) is 0 Å². The van der Waals surface area contributed by atoms with E-state index < -0.39 is 0 Å². The average molecular weight is 253 g/mol. The first-order valence-electron chi connectivity index (χ1n) is 6.25. The summed E-state index contributed by atoms with van der Waals surface area (Å²) in [5.41, 5.74) is 1.21. The molecule has 2 aromatic rings. The van der Waals surface area contributed by atoms with Crippen LogP contribution < -0.4 is 0 Å². The maximum absolute atomic E-state index is 12.4. The molecule has 1 saturated heterocycles. The van der Waals surface area contributed by atoms with Crippen molar-refractivity contribution < 1.29 is 14.3 Å². The molecule has 0 bridgehead atoms. The van der Waals surface area contributed by atoms with Crippen molar-refractivity contribution in [1.29, 1.82) is 0 Å². The van der Waals surface area contributed by atoms with E-state index in [0.29, 0.717) is 24.3 Å². The Morgan fingerprint density at radius 1 is 1.05 bits per heavy atom. The second-order valence-corrected chi connectivity index (χ2v) is 4.89. The molecular weight excluding hydrogens is 242 g/mol. The van der Waals surface area contributed by atoms with E-state index in [9.17, 15) is 9.59 Å². The van der Waals surface area contributed by atoms with Crippen molar-refractivity contribution in [2.24, 2.45) is 0 Å². The van der Waals surface area contributed by atoms with Gasteiger partial charge >= 0.3 is 0 Å². The molecule has 4 nitrogen and oxygen atoms in total. The maximum Gasteiger partial charge on any atom is 0.261 e. The van der Waals surface area contributed by atoms with Crippen molar-refractivity contribution in [2.45, 2.75) is 6.10 Å². The molecular formula is C15H11NO3. The molecule has 0 N–H and O–H groups in total. The molecule has 94 valence electrons. The molecule has 2 aliphatic rings. The summed E-state index contributed by atoms with van der Waals surface area (Å²) in [6.07, 6.45) is 0.0114. The van der Waals surface area contributed by atoms with Crippen LogP contribution in [-0.4, -0.2) is 36.0 Å². The van der Waals surface area contributed by atoms with E-state index in [-0.39, 0.29) is 17.9 Å². The van der Waals surface area contributed by atoms with Crippen LogP contribution in [0.5, 0.6) is 0 Å². The third-order valence-corrected chi connectivity index (χ3v) is 3.64. The molecule has 19 heavy (non-hydrogen) atoms. The van der Waals surface area contributed by atoms with E-state index >= 15 is 0 Å². The van der Waals surface area contributed by atoms with Gasteiger partial charge in [-0.25, -0.2) is 0 Å². The zero-order valence-electron chi connectivity index (χ0n) is 10.1. The first kappa shape index (κ1) is 10.7. The average Bonchev–Trinajstić information content (AvgIpc) is 3.25. The predicted octanol–water partition coefficient (Wildman–Crippen LogP) is 1.83. The molecule has 0 aromatic heterocycles. The van der Waals surface area contributed by atoms with Gasteiger partial charge in [-0.15, -0.1) is 0 Å². The third kappa shape index (κ3) is 1.50. The van der Waals surface area contributed by atoms with Crippen LogP contribution in [-0.2, 0) is 4.74 Å². The van der Waals surface area contributed by atoms with E-state index in [1.165, 1.54) is 4.90 Å². The van der Waals surface area contributed by atoms with E-state index in [2.05, 4.69) is 0 Å². The van der Waals surface area contributed by atoms with Crippen LogP contribution in [0.15, 0.2) is 36.4 Å². The number of carbonyl (C=O) groups is 2. The number of epoxide rings is 1. The lowest BCUT2D eigenvalue weighted by atomic mass is 9.94. The number of nitrogens with zero attached hydrogens (tertiary/aromatic N) is 1. The first-order chi connectivity index (χ1) is 9.25. The Kier molecular flexibility index (Phi) is 2.05. The van der Waals surface area contributed by atoms with E-state index in [0.717, 1.165) is 10.8 Å². The Hall–Kier alpha value is -2.20. The zero-order chi connectivity index (χ0) is 13.0. The van der Waals surface area contributed by atoms with Crippen molar-refractivity contribution in [3.8, 4) is 0 Å². The molecule has 1 atom stereocenters. The lowest BCUT2D eigenvalue weighted by Gasteiger charge is -2.26. The topological polar surface area (TPSA) is 49.9 Å². The highest BCUT2D eigenvalue weighted by Crippen LogP contribution is 2.30. The van der Waals surface area contributed by atoms with Crippen molar-refractivity contribution in [3.05, 3.63) is 47.5 Å². The Bertz CT molecular complexity index is 668. The lowest BCUT2D eigenvalue weighted by Crippen LogP contribution is -2.42. The minimum Gasteiger partial charge on any atom is -0.371 e. The summed E-state index contributed by atoms with van der Waals surface area (Å²) < 4.78 is 5.12. The van der Waals surface area contributed by atoms with Crippen molar-refractivity contribution in [2.75, 3.05) is 13.2 Å². The Labute approximate surface area is 109 Å². The predicted molar refractivity (Wildman–Crippen MR) is 69.1 cm³/mol. The molecule has 0 spiro atoms. The fourth-order valence-electron chi connectivity index (χ4n) is 2.62. The number of benzene rings is 2. The fourth-order valence-corrected chi connectivity index (χ4v) is 2.62. The number of ether oxygens (including phenoxy) is 1. The summed E-state index contributed by atoms with van der Waals surface area (Å²) in [7, 11) is 0. The molecule has 4 heteroatoms. The van der Waals surface area contributed by atoms with E-state index in [1.807, 2.05) is 24.3 Å². The molecule has 2 amide bonds. The number of rotatable bonds is 2. The molecule has 0 saturated carbocycles. The quantitative estimate of drug-likeness (QED) is 0.606. The summed E-state index contributed by atoms with van der Waals surface area (Å²) in [5, 5.41) is 1.70. The Morgan fingerprint density at radius 2 is 1.63 bits per heavy atom. The summed E-state index contributed by atoms with van der Waals surface area (Å²) >= 11 is 0. The highest BCUT2D eigenvalue weighted by Gasteiger charge is 2.36. The van der Waals surface area contributed by atoms with Gasteiger partial charge in [-0.3, -0.25) is 14.5 Å². The van der Waals surface area contributed by atoms with Crippen molar-refractivity contribution >= 4 is 22.6 Å². The maximum atomic E-state index is 12.4. The smallest absolute Gasteiger partial charge is 0.261 e. The molecule has 2 heterocycles. The van der Waals surface area contributed by atoms with Crippen LogP contribution in [0.3, 0.4) is 0 Å². The van der Waals surface area contributed by atoms with Gasteiger partial charge in [-0.1, -0.05) is 24.3 Å². The number of hydrogen-bond donors (Lipinski definition) is 0. The normalized spacial score (nSPS) is 21.1. The molecule has 0 aliphatic carbocycles. The van der Waals surface area contributed by atoms with Gasteiger partial charge in [0.15, 0.2) is 0 Å².